The summed E-state index contributed by atoms with van der Waals surface area (Å²) in [4.78, 5) is 9.00. The largest absolute Gasteiger partial charge is 0.406 e. The fourth-order valence-corrected chi connectivity index (χ4v) is 2.16. The van der Waals surface area contributed by atoms with Crippen LogP contribution in [0.4, 0.5) is 8.78 Å². The molecule has 4 nitrogen and oxygen atoms in total. The summed E-state index contributed by atoms with van der Waals surface area (Å²) in [6, 6.07) is 0. The molecule has 1 aliphatic rings. The Labute approximate surface area is 107 Å². The minimum absolute atomic E-state index is 0.0818. The highest BCUT2D eigenvalue weighted by Gasteiger charge is 2.27. The first-order valence-electron chi connectivity index (χ1n) is 4.90. The van der Waals surface area contributed by atoms with Gasteiger partial charge in [-0.1, -0.05) is 0 Å². The number of fused-ring (bicyclic) bond motifs is 1. The standard InChI is InChI=1S/C9H10ClF2N3OS/c1-17-16-7-5-4-15(9(11)12)3-2-6(5)13-8(10)14-7/h9H,2-4H2,1H3. The molecule has 8 heteroatoms. The highest BCUT2D eigenvalue weighted by molar-refractivity contribution is 7.94. The monoisotopic (exact) mass is 281 g/mol. The summed E-state index contributed by atoms with van der Waals surface area (Å²) >= 11 is 6.83. The molecule has 0 fully saturated rings. The minimum atomic E-state index is -2.49. The quantitative estimate of drug-likeness (QED) is 0.483. The fourth-order valence-electron chi connectivity index (χ4n) is 1.69. The highest BCUT2D eigenvalue weighted by Crippen LogP contribution is 2.29. The number of aromatic nitrogens is 2. The van der Waals surface area contributed by atoms with E-state index in [1.54, 1.807) is 6.26 Å². The zero-order valence-electron chi connectivity index (χ0n) is 8.99. The molecule has 0 atom stereocenters. The average molecular weight is 282 g/mol. The Morgan fingerprint density at radius 1 is 1.47 bits per heavy atom. The van der Waals surface area contributed by atoms with E-state index in [2.05, 4.69) is 9.97 Å². The summed E-state index contributed by atoms with van der Waals surface area (Å²) in [6.07, 6.45) is 2.14. The molecule has 0 saturated carbocycles. The van der Waals surface area contributed by atoms with Crippen molar-refractivity contribution >= 4 is 23.6 Å². The molecule has 1 aromatic rings. The SMILES string of the molecule is CSOc1nc(Cl)nc2c1CN(C(F)F)CC2. The number of halogens is 3. The van der Waals surface area contributed by atoms with Crippen LogP contribution >= 0.6 is 23.6 Å². The number of alkyl halides is 2. The van der Waals surface area contributed by atoms with E-state index in [1.807, 2.05) is 0 Å². The molecule has 1 aromatic heterocycles. The van der Waals surface area contributed by atoms with Gasteiger partial charge in [0.25, 0.3) is 6.55 Å². The molecule has 0 unspecified atom stereocenters. The van der Waals surface area contributed by atoms with Crippen molar-refractivity contribution < 1.29 is 13.0 Å². The van der Waals surface area contributed by atoms with Crippen LogP contribution in [-0.2, 0) is 13.0 Å². The summed E-state index contributed by atoms with van der Waals surface area (Å²) < 4.78 is 30.5. The van der Waals surface area contributed by atoms with Gasteiger partial charge in [-0.3, -0.25) is 0 Å². The zero-order chi connectivity index (χ0) is 12.4. The molecule has 0 N–H and O–H groups in total. The van der Waals surface area contributed by atoms with Crippen molar-refractivity contribution in [3.05, 3.63) is 16.5 Å². The van der Waals surface area contributed by atoms with Gasteiger partial charge < -0.3 is 4.18 Å². The predicted molar refractivity (Wildman–Crippen MR) is 61.3 cm³/mol. The third kappa shape index (κ3) is 2.78. The lowest BCUT2D eigenvalue weighted by Gasteiger charge is -2.27. The number of rotatable bonds is 3. The van der Waals surface area contributed by atoms with Crippen LogP contribution in [-0.4, -0.2) is 34.2 Å². The Bertz CT molecular complexity index is 421. The lowest BCUT2D eigenvalue weighted by Crippen LogP contribution is -2.35. The Hall–Kier alpha value is -0.660. The van der Waals surface area contributed by atoms with Gasteiger partial charge in [0.2, 0.25) is 11.2 Å². The molecule has 0 aromatic carbocycles. The molecule has 2 rings (SSSR count). The van der Waals surface area contributed by atoms with Gasteiger partial charge in [-0.25, -0.2) is 9.88 Å². The summed E-state index contributed by atoms with van der Waals surface area (Å²) in [5, 5.41) is 0.0818. The highest BCUT2D eigenvalue weighted by atomic mass is 35.5. The van der Waals surface area contributed by atoms with Gasteiger partial charge in [-0.05, 0) is 11.6 Å². The van der Waals surface area contributed by atoms with Gasteiger partial charge in [-0.2, -0.15) is 13.8 Å². The molecule has 1 aliphatic heterocycles. The maximum Gasteiger partial charge on any atom is 0.295 e. The summed E-state index contributed by atoms with van der Waals surface area (Å²) in [5.41, 5.74) is 1.28. The van der Waals surface area contributed by atoms with Crippen molar-refractivity contribution in [1.82, 2.24) is 14.9 Å². The van der Waals surface area contributed by atoms with Crippen LogP contribution in [0.15, 0.2) is 0 Å². The van der Waals surface area contributed by atoms with E-state index in [0.717, 1.165) is 16.9 Å². The van der Waals surface area contributed by atoms with Crippen LogP contribution in [0.25, 0.3) is 0 Å². The Morgan fingerprint density at radius 2 is 2.24 bits per heavy atom. The van der Waals surface area contributed by atoms with E-state index in [-0.39, 0.29) is 24.3 Å². The van der Waals surface area contributed by atoms with Crippen LogP contribution in [0.1, 0.15) is 11.3 Å². The maximum absolute atomic E-state index is 12.6. The van der Waals surface area contributed by atoms with E-state index in [1.165, 1.54) is 0 Å². The molecule has 94 valence electrons. The number of hydrogen-bond acceptors (Lipinski definition) is 5. The van der Waals surface area contributed by atoms with Gasteiger partial charge in [0, 0.05) is 25.8 Å². The van der Waals surface area contributed by atoms with E-state index in [0.29, 0.717) is 17.7 Å². The molecule has 0 amide bonds. The van der Waals surface area contributed by atoms with E-state index < -0.39 is 6.55 Å². The molecule has 2 heterocycles. The maximum atomic E-state index is 12.6. The van der Waals surface area contributed by atoms with Crippen molar-refractivity contribution in [2.24, 2.45) is 0 Å². The van der Waals surface area contributed by atoms with Crippen LogP contribution in [0, 0.1) is 0 Å². The van der Waals surface area contributed by atoms with Gasteiger partial charge in [0.05, 0.1) is 23.3 Å². The average Bonchev–Trinajstić information content (AvgIpc) is 2.28. The normalized spacial score (nSPS) is 16.1. The topological polar surface area (TPSA) is 38.3 Å². The van der Waals surface area contributed by atoms with Gasteiger partial charge in [0.1, 0.15) is 0 Å². The molecule has 0 radical (unpaired) electrons. The predicted octanol–water partition coefficient (Wildman–Crippen LogP) is 2.37. The first-order chi connectivity index (χ1) is 8.11. The first kappa shape index (κ1) is 12.8. The van der Waals surface area contributed by atoms with Crippen molar-refractivity contribution in [3.63, 3.8) is 0 Å². The zero-order valence-corrected chi connectivity index (χ0v) is 10.6. The van der Waals surface area contributed by atoms with Crippen molar-refractivity contribution in [2.75, 3.05) is 12.8 Å². The minimum Gasteiger partial charge on any atom is -0.406 e. The molecule has 0 aliphatic carbocycles. The molecule has 17 heavy (non-hydrogen) atoms. The summed E-state index contributed by atoms with van der Waals surface area (Å²) in [5.74, 6) is 0.276. The molecular weight excluding hydrogens is 272 g/mol. The van der Waals surface area contributed by atoms with Crippen LogP contribution in [0.3, 0.4) is 0 Å². The van der Waals surface area contributed by atoms with Crippen LogP contribution in [0.2, 0.25) is 5.28 Å². The molecule has 0 saturated heterocycles. The second kappa shape index (κ2) is 5.32. The molecular formula is C9H10ClF2N3OS. The summed E-state index contributed by atoms with van der Waals surface area (Å²) in [7, 11) is 0. The van der Waals surface area contributed by atoms with Gasteiger partial charge in [0.15, 0.2) is 0 Å². The number of hydrogen-bond donors (Lipinski definition) is 0. The van der Waals surface area contributed by atoms with E-state index in [9.17, 15) is 8.78 Å². The smallest absolute Gasteiger partial charge is 0.295 e. The second-order valence-electron chi connectivity index (χ2n) is 3.47. The Kier molecular flexibility index (Phi) is 4.01. The lowest BCUT2D eigenvalue weighted by molar-refractivity contribution is -0.0362. The molecule has 0 bridgehead atoms. The van der Waals surface area contributed by atoms with Gasteiger partial charge >= 0.3 is 0 Å². The second-order valence-corrected chi connectivity index (χ2v) is 4.31. The fraction of sp³-hybridized carbons (Fsp3) is 0.556. The van der Waals surface area contributed by atoms with Crippen molar-refractivity contribution in [1.29, 1.82) is 0 Å². The third-order valence-electron chi connectivity index (χ3n) is 2.46. The first-order valence-corrected chi connectivity index (χ1v) is 6.42. The number of nitrogens with zero attached hydrogens (tertiary/aromatic N) is 3. The lowest BCUT2D eigenvalue weighted by atomic mass is 10.1. The molecule has 0 spiro atoms. The van der Waals surface area contributed by atoms with Crippen molar-refractivity contribution in [2.45, 2.75) is 19.5 Å². The van der Waals surface area contributed by atoms with Crippen LogP contribution in [0.5, 0.6) is 5.88 Å². The summed E-state index contributed by atoms with van der Waals surface area (Å²) in [6.45, 7) is -2.14. The Morgan fingerprint density at radius 3 is 2.88 bits per heavy atom. The Balaban J connectivity index is 2.33. The third-order valence-corrected chi connectivity index (χ3v) is 2.96. The van der Waals surface area contributed by atoms with Gasteiger partial charge in [-0.15, -0.1) is 0 Å². The van der Waals surface area contributed by atoms with E-state index in [4.69, 9.17) is 15.8 Å². The van der Waals surface area contributed by atoms with Crippen LogP contribution < -0.4 is 4.18 Å². The van der Waals surface area contributed by atoms with Crippen molar-refractivity contribution in [3.8, 4) is 5.88 Å². The van der Waals surface area contributed by atoms with E-state index >= 15 is 0 Å².